The number of amides is 1. The molecule has 0 bridgehead atoms. The number of benzene rings is 1. The molecule has 2 aromatic rings. The Morgan fingerprint density at radius 2 is 2.12 bits per heavy atom. The van der Waals surface area contributed by atoms with Gasteiger partial charge in [-0.05, 0) is 35.9 Å². The highest BCUT2D eigenvalue weighted by atomic mass is 32.1. The van der Waals surface area contributed by atoms with Crippen LogP contribution in [0.15, 0.2) is 41.0 Å². The van der Waals surface area contributed by atoms with Gasteiger partial charge in [-0.25, -0.2) is 4.79 Å². The minimum Gasteiger partial charge on any atom is -0.457 e. The van der Waals surface area contributed by atoms with Gasteiger partial charge in [0.2, 0.25) is 5.96 Å². The Balaban J connectivity index is 1.65. The van der Waals surface area contributed by atoms with Crippen molar-refractivity contribution < 1.29 is 14.3 Å². The van der Waals surface area contributed by atoms with Crippen molar-refractivity contribution in [2.75, 3.05) is 7.05 Å². The summed E-state index contributed by atoms with van der Waals surface area (Å²) in [6.07, 6.45) is 1.78. The van der Waals surface area contributed by atoms with E-state index in [2.05, 4.69) is 4.99 Å². The summed E-state index contributed by atoms with van der Waals surface area (Å²) in [6, 6.07) is 9.59. The van der Waals surface area contributed by atoms with Crippen LogP contribution < -0.4 is 5.73 Å². The van der Waals surface area contributed by atoms with Crippen molar-refractivity contribution in [1.82, 2.24) is 4.90 Å². The van der Waals surface area contributed by atoms with E-state index in [1.54, 1.807) is 35.4 Å². The van der Waals surface area contributed by atoms with Crippen LogP contribution in [0.5, 0.6) is 0 Å². The van der Waals surface area contributed by atoms with E-state index in [1.807, 2.05) is 24.3 Å². The Bertz CT molecular complexity index is 942. The topological polar surface area (TPSA) is 85.0 Å². The summed E-state index contributed by atoms with van der Waals surface area (Å²) in [5, 5.41) is 0. The lowest BCUT2D eigenvalue weighted by Gasteiger charge is -2.10. The normalized spacial score (nSPS) is 18.1. The highest BCUT2D eigenvalue weighted by Crippen LogP contribution is 2.33. The molecule has 24 heavy (non-hydrogen) atoms. The second kappa shape index (κ2) is 5.31. The Morgan fingerprint density at radius 1 is 1.29 bits per heavy atom. The molecular weight excluding hydrogens is 326 g/mol. The zero-order chi connectivity index (χ0) is 16.8. The Morgan fingerprint density at radius 3 is 2.88 bits per heavy atom. The number of hydrogen-bond acceptors (Lipinski definition) is 6. The van der Waals surface area contributed by atoms with Gasteiger partial charge in [-0.15, -0.1) is 11.3 Å². The fraction of sp³-hybridized carbons (Fsp3) is 0.118. The third kappa shape index (κ3) is 2.30. The number of nitrogens with zero attached hydrogens (tertiary/aromatic N) is 2. The molecule has 120 valence electrons. The highest BCUT2D eigenvalue weighted by molar-refractivity contribution is 7.16. The number of thiophene rings is 1. The SMILES string of the molecule is CN1C(N)=NC(=O)/C1=C\c1ccc(-c2ccc3c(c2)COC3=O)s1. The second-order valence-electron chi connectivity index (χ2n) is 5.51. The molecule has 1 aromatic carbocycles. The third-order valence-corrected chi connectivity index (χ3v) is 5.10. The minimum absolute atomic E-state index is 0.200. The van der Waals surface area contributed by atoms with E-state index < -0.39 is 0 Å². The van der Waals surface area contributed by atoms with Crippen LogP contribution in [0.2, 0.25) is 0 Å². The van der Waals surface area contributed by atoms with Gasteiger partial charge in [0.25, 0.3) is 5.91 Å². The number of aliphatic imine (C=N–C) groups is 1. The maximum absolute atomic E-state index is 11.8. The monoisotopic (exact) mass is 339 g/mol. The molecule has 3 heterocycles. The van der Waals surface area contributed by atoms with E-state index in [4.69, 9.17) is 10.5 Å². The molecule has 0 aliphatic carbocycles. The molecule has 2 N–H and O–H groups in total. The van der Waals surface area contributed by atoms with Gasteiger partial charge in [-0.3, -0.25) is 4.79 Å². The number of carbonyl (C=O) groups is 2. The van der Waals surface area contributed by atoms with Crippen molar-refractivity contribution in [3.63, 3.8) is 0 Å². The van der Waals surface area contributed by atoms with Crippen LogP contribution in [0.25, 0.3) is 16.5 Å². The molecule has 1 aromatic heterocycles. The van der Waals surface area contributed by atoms with Crippen molar-refractivity contribution in [2.45, 2.75) is 6.61 Å². The molecule has 0 radical (unpaired) electrons. The number of guanidine groups is 1. The van der Waals surface area contributed by atoms with Gasteiger partial charge in [0.05, 0.1) is 5.56 Å². The highest BCUT2D eigenvalue weighted by Gasteiger charge is 2.24. The van der Waals surface area contributed by atoms with Crippen LogP contribution in [0, 0.1) is 0 Å². The third-order valence-electron chi connectivity index (χ3n) is 4.01. The lowest BCUT2D eigenvalue weighted by Crippen LogP contribution is -2.28. The van der Waals surface area contributed by atoms with Crippen LogP contribution in [-0.2, 0) is 16.1 Å². The molecule has 7 heteroatoms. The quantitative estimate of drug-likeness (QED) is 0.670. The van der Waals surface area contributed by atoms with Crippen molar-refractivity contribution >= 4 is 35.2 Å². The van der Waals surface area contributed by atoms with Crippen LogP contribution in [-0.4, -0.2) is 29.8 Å². The molecule has 0 spiro atoms. The van der Waals surface area contributed by atoms with Gasteiger partial charge < -0.3 is 15.4 Å². The molecule has 2 aliphatic heterocycles. The number of rotatable bonds is 2. The first-order valence-electron chi connectivity index (χ1n) is 7.27. The van der Waals surface area contributed by atoms with E-state index in [9.17, 15) is 9.59 Å². The Hall–Kier alpha value is -2.93. The summed E-state index contributed by atoms with van der Waals surface area (Å²) in [4.78, 5) is 30.6. The minimum atomic E-state index is -0.335. The first-order chi connectivity index (χ1) is 11.5. The van der Waals surface area contributed by atoms with Gasteiger partial charge in [-0.1, -0.05) is 6.07 Å². The first-order valence-corrected chi connectivity index (χ1v) is 8.09. The number of likely N-dealkylation sites (N-methyl/N-ethyl adjacent to an activating group) is 1. The maximum Gasteiger partial charge on any atom is 0.338 e. The van der Waals surface area contributed by atoms with Gasteiger partial charge in [0, 0.05) is 22.4 Å². The number of ether oxygens (including phenoxy) is 1. The predicted octanol–water partition coefficient (Wildman–Crippen LogP) is 2.21. The number of fused-ring (bicyclic) bond motifs is 1. The van der Waals surface area contributed by atoms with Crippen LogP contribution in [0.1, 0.15) is 20.8 Å². The predicted molar refractivity (Wildman–Crippen MR) is 91.2 cm³/mol. The first kappa shape index (κ1) is 14.6. The molecule has 0 atom stereocenters. The van der Waals surface area contributed by atoms with Gasteiger partial charge in [0.15, 0.2) is 0 Å². The van der Waals surface area contributed by atoms with E-state index in [-0.39, 0.29) is 17.8 Å². The van der Waals surface area contributed by atoms with Crippen LogP contribution in [0.3, 0.4) is 0 Å². The van der Waals surface area contributed by atoms with Crippen molar-refractivity contribution in [3.8, 4) is 10.4 Å². The number of esters is 1. The molecule has 2 aliphatic rings. The van der Waals surface area contributed by atoms with E-state index >= 15 is 0 Å². The van der Waals surface area contributed by atoms with E-state index in [1.165, 1.54) is 0 Å². The van der Waals surface area contributed by atoms with E-state index in [0.717, 1.165) is 20.9 Å². The lowest BCUT2D eigenvalue weighted by molar-refractivity contribution is -0.114. The Kier molecular flexibility index (Phi) is 3.24. The molecule has 0 saturated carbocycles. The molecule has 0 saturated heterocycles. The van der Waals surface area contributed by atoms with Gasteiger partial charge >= 0.3 is 5.97 Å². The summed E-state index contributed by atoms with van der Waals surface area (Å²) in [5.41, 5.74) is 8.65. The summed E-state index contributed by atoms with van der Waals surface area (Å²) in [7, 11) is 1.71. The second-order valence-corrected chi connectivity index (χ2v) is 6.63. The smallest absolute Gasteiger partial charge is 0.338 e. The molecule has 6 nitrogen and oxygen atoms in total. The standard InChI is InChI=1S/C17H13N3O3S/c1-20-13(15(21)19-17(20)18)7-11-3-5-14(24-11)9-2-4-12-10(6-9)8-23-16(12)22/h2-7H,8H2,1H3,(H2,18,19,21)/b13-7+. The zero-order valence-electron chi connectivity index (χ0n) is 12.8. The van der Waals surface area contributed by atoms with Crippen LogP contribution >= 0.6 is 11.3 Å². The largest absolute Gasteiger partial charge is 0.457 e. The lowest BCUT2D eigenvalue weighted by atomic mass is 10.1. The fourth-order valence-corrected chi connectivity index (χ4v) is 3.61. The van der Waals surface area contributed by atoms with Crippen molar-refractivity contribution in [1.29, 1.82) is 0 Å². The molecular formula is C17H13N3O3S. The van der Waals surface area contributed by atoms with Gasteiger partial charge in [0.1, 0.15) is 12.3 Å². The number of cyclic esters (lactones) is 1. The van der Waals surface area contributed by atoms with Crippen molar-refractivity contribution in [2.24, 2.45) is 10.7 Å². The summed E-state index contributed by atoms with van der Waals surface area (Å²) in [6.45, 7) is 0.320. The molecule has 1 amide bonds. The average molecular weight is 339 g/mol. The van der Waals surface area contributed by atoms with E-state index in [0.29, 0.717) is 17.9 Å². The number of nitrogens with two attached hydrogens (primary N) is 1. The maximum atomic E-state index is 11.8. The van der Waals surface area contributed by atoms with Gasteiger partial charge in [-0.2, -0.15) is 4.99 Å². The van der Waals surface area contributed by atoms with Crippen LogP contribution in [0.4, 0.5) is 0 Å². The van der Waals surface area contributed by atoms with Crippen molar-refractivity contribution in [3.05, 3.63) is 52.0 Å². The number of carbonyl (C=O) groups excluding carboxylic acids is 2. The zero-order valence-corrected chi connectivity index (χ0v) is 13.6. The number of hydrogen-bond donors (Lipinski definition) is 1. The Labute approximate surface area is 141 Å². The fourth-order valence-electron chi connectivity index (χ4n) is 2.67. The molecule has 0 unspecified atom stereocenters. The summed E-state index contributed by atoms with van der Waals surface area (Å²) < 4.78 is 5.03. The summed E-state index contributed by atoms with van der Waals surface area (Å²) in [5.74, 6) is -0.405. The average Bonchev–Trinajstić information content (AvgIpc) is 3.24. The molecule has 0 fully saturated rings. The summed E-state index contributed by atoms with van der Waals surface area (Å²) >= 11 is 1.55. The molecule has 4 rings (SSSR count).